The van der Waals surface area contributed by atoms with Gasteiger partial charge in [0, 0.05) is 22.2 Å². The van der Waals surface area contributed by atoms with E-state index in [4.69, 9.17) is 20.8 Å². The van der Waals surface area contributed by atoms with Crippen molar-refractivity contribution in [1.29, 1.82) is 0 Å². The summed E-state index contributed by atoms with van der Waals surface area (Å²) in [5, 5.41) is 4.19. The summed E-state index contributed by atoms with van der Waals surface area (Å²) in [4.78, 5) is 24.0. The van der Waals surface area contributed by atoms with E-state index in [1.807, 2.05) is 6.92 Å². The van der Waals surface area contributed by atoms with Crippen LogP contribution in [0.15, 0.2) is 59.0 Å². The third-order valence-electron chi connectivity index (χ3n) is 3.70. The Balaban J connectivity index is 1.66. The first-order valence-electron chi connectivity index (χ1n) is 8.50. The van der Waals surface area contributed by atoms with E-state index in [2.05, 4.69) is 5.32 Å². The fourth-order valence-electron chi connectivity index (χ4n) is 2.46. The van der Waals surface area contributed by atoms with Crippen molar-refractivity contribution in [2.75, 3.05) is 11.9 Å². The first-order valence-corrected chi connectivity index (χ1v) is 8.88. The fraction of sp³-hybridized carbons (Fsp3) is 0.143. The lowest BCUT2D eigenvalue weighted by atomic mass is 10.2. The maximum Gasteiger partial charge on any atom is 0.338 e. The van der Waals surface area contributed by atoms with Crippen molar-refractivity contribution in [1.82, 2.24) is 0 Å². The van der Waals surface area contributed by atoms with Gasteiger partial charge in [-0.2, -0.15) is 0 Å². The highest BCUT2D eigenvalue weighted by molar-refractivity contribution is 6.31. The van der Waals surface area contributed by atoms with Gasteiger partial charge >= 0.3 is 5.97 Å². The molecule has 1 N–H and O–H groups in total. The Labute approximate surface area is 161 Å². The summed E-state index contributed by atoms with van der Waals surface area (Å²) in [7, 11) is 0. The predicted molar refractivity (Wildman–Crippen MR) is 106 cm³/mol. The Bertz CT molecular complexity index is 1010. The molecule has 0 aliphatic rings. The van der Waals surface area contributed by atoms with E-state index in [0.29, 0.717) is 34.2 Å². The standard InChI is InChI=1S/C21H18ClNO4/c1-2-10-26-21(25)14-4-3-5-17(12-14)23-20(24)9-7-18-13-15-11-16(22)6-8-19(15)27-18/h3-9,11-13H,2,10H2,1H3,(H,23,24)/b9-7+. The molecule has 0 radical (unpaired) electrons. The predicted octanol–water partition coefficient (Wildman–Crippen LogP) is 5.30. The second kappa shape index (κ2) is 8.56. The van der Waals surface area contributed by atoms with Crippen molar-refractivity contribution in [3.05, 3.63) is 71.0 Å². The molecule has 0 atom stereocenters. The number of anilines is 1. The van der Waals surface area contributed by atoms with E-state index in [0.717, 1.165) is 11.8 Å². The first kappa shape index (κ1) is 18.7. The van der Waals surface area contributed by atoms with Gasteiger partial charge < -0.3 is 14.5 Å². The Kier molecular flexibility index (Phi) is 5.94. The van der Waals surface area contributed by atoms with Gasteiger partial charge in [-0.05, 0) is 55.0 Å². The van der Waals surface area contributed by atoms with Crippen LogP contribution in [0.2, 0.25) is 5.02 Å². The summed E-state index contributed by atoms with van der Waals surface area (Å²) in [6, 6.07) is 13.7. The second-order valence-corrected chi connectivity index (χ2v) is 6.31. The molecular formula is C21H18ClNO4. The lowest BCUT2D eigenvalue weighted by Crippen LogP contribution is -2.10. The molecule has 0 aliphatic heterocycles. The van der Waals surface area contributed by atoms with E-state index >= 15 is 0 Å². The molecule has 6 heteroatoms. The van der Waals surface area contributed by atoms with Crippen LogP contribution in [0.25, 0.3) is 17.0 Å². The second-order valence-electron chi connectivity index (χ2n) is 5.87. The minimum Gasteiger partial charge on any atom is -0.462 e. The Morgan fingerprint density at radius 3 is 2.85 bits per heavy atom. The third kappa shape index (κ3) is 4.99. The van der Waals surface area contributed by atoms with Crippen LogP contribution in [0.1, 0.15) is 29.5 Å². The molecule has 0 aliphatic carbocycles. The smallest absolute Gasteiger partial charge is 0.338 e. The Morgan fingerprint density at radius 2 is 2.04 bits per heavy atom. The van der Waals surface area contributed by atoms with Crippen LogP contribution in [-0.2, 0) is 9.53 Å². The monoisotopic (exact) mass is 383 g/mol. The number of carbonyl (C=O) groups excluding carboxylic acids is 2. The van der Waals surface area contributed by atoms with Gasteiger partial charge in [-0.25, -0.2) is 4.79 Å². The van der Waals surface area contributed by atoms with Crippen molar-refractivity contribution < 1.29 is 18.7 Å². The van der Waals surface area contributed by atoms with Gasteiger partial charge in [-0.15, -0.1) is 0 Å². The highest BCUT2D eigenvalue weighted by Gasteiger charge is 2.08. The average Bonchev–Trinajstić information content (AvgIpc) is 3.06. The molecule has 0 unspecified atom stereocenters. The maximum atomic E-state index is 12.1. The molecule has 3 aromatic rings. The number of fused-ring (bicyclic) bond motifs is 1. The van der Waals surface area contributed by atoms with E-state index in [-0.39, 0.29) is 5.91 Å². The van der Waals surface area contributed by atoms with Crippen LogP contribution in [0.4, 0.5) is 5.69 Å². The summed E-state index contributed by atoms with van der Waals surface area (Å²) in [5.74, 6) is -0.212. The van der Waals surface area contributed by atoms with Gasteiger partial charge in [-0.1, -0.05) is 24.6 Å². The van der Waals surface area contributed by atoms with Crippen LogP contribution in [0.3, 0.4) is 0 Å². The van der Waals surface area contributed by atoms with Crippen molar-refractivity contribution in [3.63, 3.8) is 0 Å². The zero-order valence-corrected chi connectivity index (χ0v) is 15.5. The van der Waals surface area contributed by atoms with Gasteiger partial charge in [0.2, 0.25) is 5.91 Å². The van der Waals surface area contributed by atoms with Crippen LogP contribution in [-0.4, -0.2) is 18.5 Å². The molecule has 138 valence electrons. The molecule has 1 aromatic heterocycles. The van der Waals surface area contributed by atoms with Gasteiger partial charge in [0.15, 0.2) is 0 Å². The molecule has 0 saturated carbocycles. The summed E-state index contributed by atoms with van der Waals surface area (Å²) < 4.78 is 10.7. The van der Waals surface area contributed by atoms with Crippen molar-refractivity contribution >= 4 is 46.2 Å². The zero-order valence-electron chi connectivity index (χ0n) is 14.7. The summed E-state index contributed by atoms with van der Waals surface area (Å²) in [6.45, 7) is 2.29. The van der Waals surface area contributed by atoms with Crippen molar-refractivity contribution in [2.24, 2.45) is 0 Å². The maximum absolute atomic E-state index is 12.1. The van der Waals surface area contributed by atoms with Gasteiger partial charge in [0.05, 0.1) is 12.2 Å². The molecule has 3 rings (SSSR count). The summed E-state index contributed by atoms with van der Waals surface area (Å²) >= 11 is 5.95. The molecular weight excluding hydrogens is 366 g/mol. The highest BCUT2D eigenvalue weighted by atomic mass is 35.5. The van der Waals surface area contributed by atoms with Crippen LogP contribution in [0.5, 0.6) is 0 Å². The van der Waals surface area contributed by atoms with Crippen LogP contribution >= 0.6 is 11.6 Å². The number of nitrogens with one attached hydrogen (secondary N) is 1. The normalized spacial score (nSPS) is 11.0. The van der Waals surface area contributed by atoms with Gasteiger partial charge in [0.1, 0.15) is 11.3 Å². The third-order valence-corrected chi connectivity index (χ3v) is 3.93. The number of ether oxygens (including phenoxy) is 1. The van der Waals surface area contributed by atoms with E-state index in [9.17, 15) is 9.59 Å². The molecule has 27 heavy (non-hydrogen) atoms. The SMILES string of the molecule is CCCOC(=O)c1cccc(NC(=O)/C=C/c2cc3cc(Cl)ccc3o2)c1. The molecule has 5 nitrogen and oxygen atoms in total. The lowest BCUT2D eigenvalue weighted by molar-refractivity contribution is -0.111. The minimum absolute atomic E-state index is 0.340. The summed E-state index contributed by atoms with van der Waals surface area (Å²) in [5.41, 5.74) is 1.59. The van der Waals surface area contributed by atoms with Crippen LogP contribution in [0, 0.1) is 0 Å². The van der Waals surface area contributed by atoms with Crippen LogP contribution < -0.4 is 5.32 Å². The molecule has 1 heterocycles. The van der Waals surface area contributed by atoms with Gasteiger partial charge in [-0.3, -0.25) is 4.79 Å². The molecule has 0 fully saturated rings. The molecule has 0 bridgehead atoms. The van der Waals surface area contributed by atoms with Gasteiger partial charge in [0.25, 0.3) is 0 Å². The number of amides is 1. The lowest BCUT2D eigenvalue weighted by Gasteiger charge is -2.06. The van der Waals surface area contributed by atoms with E-state index < -0.39 is 5.97 Å². The fourth-order valence-corrected chi connectivity index (χ4v) is 2.64. The Hall–Kier alpha value is -3.05. The quantitative estimate of drug-likeness (QED) is 0.463. The number of hydrogen-bond acceptors (Lipinski definition) is 4. The molecule has 0 saturated heterocycles. The average molecular weight is 384 g/mol. The largest absolute Gasteiger partial charge is 0.462 e. The minimum atomic E-state index is -0.413. The number of hydrogen-bond donors (Lipinski definition) is 1. The molecule has 1 amide bonds. The number of carbonyl (C=O) groups is 2. The number of rotatable bonds is 6. The molecule has 0 spiro atoms. The number of esters is 1. The topological polar surface area (TPSA) is 68.5 Å². The number of halogens is 1. The van der Waals surface area contributed by atoms with Crippen molar-refractivity contribution in [3.8, 4) is 0 Å². The Morgan fingerprint density at radius 1 is 1.19 bits per heavy atom. The van der Waals surface area contributed by atoms with E-state index in [1.165, 1.54) is 6.08 Å². The highest BCUT2D eigenvalue weighted by Crippen LogP contribution is 2.23. The first-order chi connectivity index (χ1) is 13.0. The zero-order chi connectivity index (χ0) is 19.2. The molecule has 2 aromatic carbocycles. The summed E-state index contributed by atoms with van der Waals surface area (Å²) in [6.07, 6.45) is 3.69. The van der Waals surface area contributed by atoms with E-state index in [1.54, 1.807) is 54.6 Å². The number of furan rings is 1. The van der Waals surface area contributed by atoms with Crippen molar-refractivity contribution in [2.45, 2.75) is 13.3 Å². The number of benzene rings is 2.